The summed E-state index contributed by atoms with van der Waals surface area (Å²) in [7, 11) is 0. The van der Waals surface area contributed by atoms with E-state index in [1.54, 1.807) is 29.3 Å². The van der Waals surface area contributed by atoms with Gasteiger partial charge in [0.25, 0.3) is 5.56 Å². The van der Waals surface area contributed by atoms with Crippen LogP contribution in [0.5, 0.6) is 5.75 Å². The summed E-state index contributed by atoms with van der Waals surface area (Å²) in [6, 6.07) is 7.26. The highest BCUT2D eigenvalue weighted by molar-refractivity contribution is 6.02. The number of oxime groups is 1. The Hall–Kier alpha value is -4.29. The minimum absolute atomic E-state index is 0.0609. The molecule has 0 fully saturated rings. The average Bonchev–Trinajstić information content (AvgIpc) is 3.36. The summed E-state index contributed by atoms with van der Waals surface area (Å²) in [6.07, 6.45) is 5.19. The lowest BCUT2D eigenvalue weighted by Crippen LogP contribution is -2.44. The molecular weight excluding hydrogens is 568 g/mol. The molecule has 12 nitrogen and oxygen atoms in total. The van der Waals surface area contributed by atoms with Crippen LogP contribution in [0.15, 0.2) is 34.2 Å². The van der Waals surface area contributed by atoms with Crippen LogP contribution < -0.4 is 15.8 Å². The first kappa shape index (κ1) is 31.1. The van der Waals surface area contributed by atoms with Crippen LogP contribution in [0, 0.1) is 0 Å². The number of aliphatic hydroxyl groups is 1. The predicted molar refractivity (Wildman–Crippen MR) is 161 cm³/mol. The van der Waals surface area contributed by atoms with Crippen LogP contribution in [0.3, 0.4) is 0 Å². The van der Waals surface area contributed by atoms with E-state index < -0.39 is 17.2 Å². The highest BCUT2D eigenvalue weighted by Crippen LogP contribution is 2.40. The summed E-state index contributed by atoms with van der Waals surface area (Å²) in [4.78, 5) is 47.9. The first-order valence-corrected chi connectivity index (χ1v) is 14.9. The molecule has 1 aromatic carbocycles. The molecular formula is C32H38N4O8. The number of esters is 1. The number of benzene rings is 1. The minimum Gasteiger partial charge on any atom is -0.494 e. The van der Waals surface area contributed by atoms with E-state index in [0.717, 1.165) is 35.8 Å². The van der Waals surface area contributed by atoms with E-state index in [1.165, 1.54) is 0 Å². The topological polar surface area (TPSA) is 162 Å². The summed E-state index contributed by atoms with van der Waals surface area (Å²) in [5.74, 6) is -0.503. The Morgan fingerprint density at radius 3 is 2.68 bits per heavy atom. The van der Waals surface area contributed by atoms with Crippen LogP contribution in [-0.4, -0.2) is 50.2 Å². The third-order valence-corrected chi connectivity index (χ3v) is 7.90. The smallest absolute Gasteiger partial charge is 0.343 e. The number of rotatable bonds is 11. The van der Waals surface area contributed by atoms with Gasteiger partial charge >= 0.3 is 5.97 Å². The lowest BCUT2D eigenvalue weighted by Gasteiger charge is -2.31. The first-order chi connectivity index (χ1) is 21.0. The number of pyridine rings is 2. The Bertz CT molecular complexity index is 1690. The molecule has 5 rings (SSSR count). The Kier molecular flexibility index (Phi) is 8.76. The van der Waals surface area contributed by atoms with Crippen LogP contribution in [0.1, 0.15) is 88.5 Å². The van der Waals surface area contributed by atoms with Gasteiger partial charge < -0.3 is 24.0 Å². The van der Waals surface area contributed by atoms with Crippen molar-refractivity contribution in [2.75, 3.05) is 6.61 Å². The van der Waals surface area contributed by atoms with Crippen LogP contribution in [-0.2, 0) is 37.9 Å². The SMILES string of the molecule is CC[C@@]1(O)C(=O)OCc2c1cc1n(c2=O)Cc2c-1nc1ccc(OCCCCCCC(=O)NO)cc1c2/C=N\OC(C)(C)C. The van der Waals surface area contributed by atoms with Crippen LogP contribution in [0.25, 0.3) is 22.3 Å². The third kappa shape index (κ3) is 6.04. The number of hydroxylamine groups is 1. The fourth-order valence-electron chi connectivity index (χ4n) is 5.55. The fraction of sp³-hybridized carbons (Fsp3) is 0.469. The molecule has 4 heterocycles. The Balaban J connectivity index is 1.49. The Morgan fingerprint density at radius 1 is 1.18 bits per heavy atom. The van der Waals surface area contributed by atoms with Gasteiger partial charge in [-0.2, -0.15) is 0 Å². The van der Waals surface area contributed by atoms with Gasteiger partial charge in [0.1, 0.15) is 18.0 Å². The van der Waals surface area contributed by atoms with Crippen molar-refractivity contribution in [1.29, 1.82) is 0 Å². The van der Waals surface area contributed by atoms with Crippen molar-refractivity contribution in [2.45, 2.75) is 90.6 Å². The molecule has 0 aliphatic carbocycles. The zero-order valence-electron chi connectivity index (χ0n) is 25.4. The average molecular weight is 607 g/mol. The number of carbonyl (C=O) groups excluding carboxylic acids is 2. The third-order valence-electron chi connectivity index (χ3n) is 7.90. The summed E-state index contributed by atoms with van der Waals surface area (Å²) in [5, 5.41) is 24.8. The summed E-state index contributed by atoms with van der Waals surface area (Å²) >= 11 is 0. The number of cyclic esters (lactones) is 1. The molecule has 0 spiro atoms. The molecule has 44 heavy (non-hydrogen) atoms. The number of amides is 1. The number of unbranched alkanes of at least 4 members (excludes halogenated alkanes) is 3. The highest BCUT2D eigenvalue weighted by Gasteiger charge is 2.45. The van der Waals surface area contributed by atoms with Crippen molar-refractivity contribution in [3.8, 4) is 17.1 Å². The first-order valence-electron chi connectivity index (χ1n) is 14.9. The molecule has 2 aliphatic heterocycles. The van der Waals surface area contributed by atoms with Gasteiger partial charge in [0, 0.05) is 28.5 Å². The number of nitrogens with zero attached hydrogens (tertiary/aromatic N) is 3. The molecule has 2 aromatic heterocycles. The van der Waals surface area contributed by atoms with E-state index in [9.17, 15) is 19.5 Å². The molecule has 2 aliphatic rings. The second-order valence-corrected chi connectivity index (χ2v) is 12.1. The summed E-state index contributed by atoms with van der Waals surface area (Å²) in [5.41, 5.74) is 2.60. The molecule has 3 aromatic rings. The van der Waals surface area contributed by atoms with Crippen LogP contribution in [0.4, 0.5) is 0 Å². The Labute approximate surface area is 254 Å². The minimum atomic E-state index is -1.91. The van der Waals surface area contributed by atoms with Gasteiger partial charge in [-0.25, -0.2) is 15.3 Å². The van der Waals surface area contributed by atoms with Gasteiger partial charge in [-0.05, 0) is 64.3 Å². The second-order valence-electron chi connectivity index (χ2n) is 12.1. The van der Waals surface area contributed by atoms with Crippen LogP contribution >= 0.6 is 0 Å². The van der Waals surface area contributed by atoms with Gasteiger partial charge in [-0.1, -0.05) is 24.9 Å². The molecule has 0 saturated heterocycles. The fourth-order valence-corrected chi connectivity index (χ4v) is 5.55. The molecule has 12 heteroatoms. The zero-order chi connectivity index (χ0) is 31.6. The number of nitrogens with one attached hydrogen (secondary N) is 1. The number of aromatic nitrogens is 2. The maximum Gasteiger partial charge on any atom is 0.343 e. The lowest BCUT2D eigenvalue weighted by atomic mass is 9.86. The molecule has 1 atom stereocenters. The number of fused-ring (bicyclic) bond motifs is 5. The number of hydrogen-bond donors (Lipinski definition) is 3. The molecule has 0 radical (unpaired) electrons. The van der Waals surface area contributed by atoms with E-state index in [1.807, 2.05) is 39.0 Å². The standard InChI is InChI=1S/C32H38N4O8/c1-5-32(40)24-15-26-28-22(17-36(26)29(38)23(24)18-43-30(32)39)21(16-33-44-31(2,3)4)20-14-19(11-12-25(20)34-28)42-13-9-7-6-8-10-27(37)35-41/h11-12,14-16,40-41H,5-10,13,17-18H2,1-4H3,(H,35,37)/b33-16-/t32-/m0/s1. The van der Waals surface area contributed by atoms with Crippen molar-refractivity contribution in [3.63, 3.8) is 0 Å². The Morgan fingerprint density at radius 2 is 1.95 bits per heavy atom. The van der Waals surface area contributed by atoms with Gasteiger partial charge in [0.2, 0.25) is 5.91 Å². The van der Waals surface area contributed by atoms with Crippen LogP contribution in [0.2, 0.25) is 0 Å². The van der Waals surface area contributed by atoms with Crippen molar-refractivity contribution < 1.29 is 34.2 Å². The molecule has 234 valence electrons. The molecule has 3 N–H and O–H groups in total. The van der Waals surface area contributed by atoms with E-state index in [4.69, 9.17) is 24.5 Å². The molecule has 0 unspecified atom stereocenters. The largest absolute Gasteiger partial charge is 0.494 e. The van der Waals surface area contributed by atoms with E-state index in [-0.39, 0.29) is 48.6 Å². The summed E-state index contributed by atoms with van der Waals surface area (Å²) < 4.78 is 12.8. The normalized spacial score (nSPS) is 17.3. The second kappa shape index (κ2) is 12.4. The lowest BCUT2D eigenvalue weighted by molar-refractivity contribution is -0.172. The van der Waals surface area contributed by atoms with Gasteiger partial charge in [0.15, 0.2) is 5.60 Å². The maximum atomic E-state index is 13.7. The molecule has 0 bridgehead atoms. The monoisotopic (exact) mass is 606 g/mol. The van der Waals surface area contributed by atoms with Crippen molar-refractivity contribution in [1.82, 2.24) is 15.0 Å². The molecule has 1 amide bonds. The van der Waals surface area contributed by atoms with E-state index in [0.29, 0.717) is 35.7 Å². The van der Waals surface area contributed by atoms with Crippen molar-refractivity contribution in [3.05, 3.63) is 56.9 Å². The highest BCUT2D eigenvalue weighted by atomic mass is 16.6. The van der Waals surface area contributed by atoms with E-state index >= 15 is 0 Å². The number of carbonyl (C=O) groups is 2. The van der Waals surface area contributed by atoms with Gasteiger partial charge in [-0.3, -0.25) is 14.8 Å². The number of hydrogen-bond acceptors (Lipinski definition) is 10. The van der Waals surface area contributed by atoms with Crippen molar-refractivity contribution >= 4 is 29.0 Å². The van der Waals surface area contributed by atoms with Gasteiger partial charge in [0.05, 0.1) is 41.8 Å². The summed E-state index contributed by atoms with van der Waals surface area (Å²) in [6.45, 7) is 7.85. The maximum absolute atomic E-state index is 13.7. The van der Waals surface area contributed by atoms with Gasteiger partial charge in [-0.15, -0.1) is 0 Å². The predicted octanol–water partition coefficient (Wildman–Crippen LogP) is 4.06. The molecule has 0 saturated carbocycles. The van der Waals surface area contributed by atoms with Crippen molar-refractivity contribution in [2.24, 2.45) is 5.16 Å². The zero-order valence-corrected chi connectivity index (χ0v) is 25.4. The quantitative estimate of drug-likeness (QED) is 0.0751. The number of ether oxygens (including phenoxy) is 2. The van der Waals surface area contributed by atoms with E-state index in [2.05, 4.69) is 5.16 Å².